The van der Waals surface area contributed by atoms with E-state index in [2.05, 4.69) is 34.8 Å². The summed E-state index contributed by atoms with van der Waals surface area (Å²) in [7, 11) is 0. The number of guanidine groups is 1. The third-order valence-corrected chi connectivity index (χ3v) is 15.3. The Morgan fingerprint density at radius 2 is 1.16 bits per heavy atom. The second-order valence-corrected chi connectivity index (χ2v) is 22.2. The molecule has 83 heavy (non-hydrogen) atoms. The Morgan fingerprint density at radius 1 is 0.602 bits per heavy atom. The minimum absolute atomic E-state index is 0.00894. The van der Waals surface area contributed by atoms with Crippen molar-refractivity contribution in [1.82, 2.24) is 41.3 Å². The Hall–Kier alpha value is -6.76. The van der Waals surface area contributed by atoms with Gasteiger partial charge in [-0.05, 0) is 70.6 Å². The number of ether oxygens (including phenoxy) is 1. The molecule has 8 amide bonds. The van der Waals surface area contributed by atoms with Crippen molar-refractivity contribution >= 4 is 71.1 Å². The van der Waals surface area contributed by atoms with Gasteiger partial charge in [0.05, 0.1) is 25.2 Å². The summed E-state index contributed by atoms with van der Waals surface area (Å²) >= 11 is 0. The number of hydrogen-bond donors (Lipinski definition) is 14. The molecule has 30 nitrogen and oxygen atoms in total. The predicted octanol–water partition coefficient (Wildman–Crippen LogP) is -4.07. The van der Waals surface area contributed by atoms with Crippen LogP contribution in [0.4, 0.5) is 0 Å². The van der Waals surface area contributed by atoms with Crippen LogP contribution >= 0.6 is 0 Å². The second kappa shape index (κ2) is 33.5. The standard InChI is InChI=1S/C53H87N11O19/c1-28(2)16-11-9-7-5-4-6-8-10-12-17-30-26-36(68)59-37(29(3)66)49(77)63-24-15-20-34(63)48(76)62-23-14-19-33(62)44(72)57-31(18-13-22-56-53(54)55)43(71)60-38(41(69)50(78)79)45(73)58-32(27-65)47(75)64-25-21-35(67)40(64)46(74)61-39(52(82)83-30)42(70)51(80)81/h28-35,37-42,65-67,69-70H,4-27H2,1-3H3,(H,57,72)(H,58,73)(H,59,68)(H,60,71)(H,61,74)(H,78,79)(H,80,81)(H4,54,55,56). The van der Waals surface area contributed by atoms with Gasteiger partial charge in [-0.25, -0.2) is 14.4 Å². The highest BCUT2D eigenvalue weighted by Crippen LogP contribution is 2.27. The SMILES string of the molecule is CC(C)CCCCCCCCCCCC1CC(=O)NC(C(C)O)C(=O)N2CCCC2C(=O)N2CCCC2C(=O)NC(CCCN=C(N)N)C(=O)NC(C(O)C(=O)O)C(=O)NC(CO)C(=O)N2CCC(O)C2C(=O)NC(C(O)C(=O)O)C(=O)O1. The van der Waals surface area contributed by atoms with Crippen molar-refractivity contribution in [3.8, 4) is 0 Å². The lowest BCUT2D eigenvalue weighted by Crippen LogP contribution is -2.64. The first kappa shape index (κ1) is 68.7. The quantitative estimate of drug-likeness (QED) is 0.0212. The van der Waals surface area contributed by atoms with Gasteiger partial charge in [0.1, 0.15) is 48.4 Å². The van der Waals surface area contributed by atoms with Crippen LogP contribution < -0.4 is 38.1 Å². The highest BCUT2D eigenvalue weighted by molar-refractivity contribution is 6.00. The van der Waals surface area contributed by atoms with E-state index in [0.29, 0.717) is 23.7 Å². The van der Waals surface area contributed by atoms with Crippen LogP contribution in [0, 0.1) is 5.92 Å². The van der Waals surface area contributed by atoms with Crippen molar-refractivity contribution in [2.45, 2.75) is 222 Å². The van der Waals surface area contributed by atoms with Gasteiger partial charge < -0.3 is 93.2 Å². The Bertz CT molecular complexity index is 2300. The van der Waals surface area contributed by atoms with Crippen molar-refractivity contribution < 1.29 is 93.2 Å². The van der Waals surface area contributed by atoms with Crippen LogP contribution in [0.1, 0.15) is 143 Å². The van der Waals surface area contributed by atoms with Gasteiger partial charge in [-0.2, -0.15) is 0 Å². The summed E-state index contributed by atoms with van der Waals surface area (Å²) in [4.78, 5) is 159. The van der Waals surface area contributed by atoms with E-state index >= 15 is 0 Å². The monoisotopic (exact) mass is 1180 g/mol. The highest BCUT2D eigenvalue weighted by atomic mass is 16.5. The molecule has 0 aromatic rings. The van der Waals surface area contributed by atoms with E-state index in [-0.39, 0.29) is 77.0 Å². The predicted molar refractivity (Wildman–Crippen MR) is 291 cm³/mol. The molecule has 4 aliphatic heterocycles. The fourth-order valence-corrected chi connectivity index (χ4v) is 10.7. The molecule has 4 fully saturated rings. The van der Waals surface area contributed by atoms with Crippen molar-refractivity contribution in [2.75, 3.05) is 32.8 Å². The van der Waals surface area contributed by atoms with Crippen molar-refractivity contribution in [2.24, 2.45) is 22.4 Å². The van der Waals surface area contributed by atoms with Crippen LogP contribution in [0.2, 0.25) is 0 Å². The number of carboxylic acids is 2. The van der Waals surface area contributed by atoms with Gasteiger partial charge in [0, 0.05) is 26.2 Å². The summed E-state index contributed by atoms with van der Waals surface area (Å²) in [6.45, 7) is 3.67. The molecule has 30 heteroatoms. The molecular weight excluding hydrogens is 1090 g/mol. The lowest BCUT2D eigenvalue weighted by molar-refractivity contribution is -0.165. The van der Waals surface area contributed by atoms with Crippen molar-refractivity contribution in [1.29, 1.82) is 0 Å². The minimum Gasteiger partial charge on any atom is -0.479 e. The number of aliphatic carboxylic acids is 2. The highest BCUT2D eigenvalue weighted by Gasteiger charge is 2.48. The number of nitrogens with zero attached hydrogens (tertiary/aromatic N) is 4. The molecule has 0 aromatic heterocycles. The minimum atomic E-state index is -2.76. The number of amides is 8. The number of hydrogen-bond acceptors (Lipinski definition) is 18. The molecule has 13 atom stereocenters. The van der Waals surface area contributed by atoms with Crippen LogP contribution in [0.25, 0.3) is 0 Å². The zero-order chi connectivity index (χ0) is 61.7. The van der Waals surface area contributed by atoms with Gasteiger partial charge in [0.15, 0.2) is 24.2 Å². The molecular formula is C53H87N11O19. The number of rotatable bonds is 22. The molecule has 0 spiro atoms. The number of aliphatic imine (C=N–C) groups is 1. The number of carbonyl (C=O) groups is 11. The second-order valence-electron chi connectivity index (χ2n) is 22.2. The number of carbonyl (C=O) groups excluding carboxylic acids is 9. The Kier molecular flexibility index (Phi) is 27.8. The van der Waals surface area contributed by atoms with E-state index in [1.165, 1.54) is 11.8 Å². The normalized spacial score (nSPS) is 27.8. The zero-order valence-electron chi connectivity index (χ0n) is 47.5. The number of unbranched alkanes of at least 4 members (excludes halogenated alkanes) is 8. The zero-order valence-corrected chi connectivity index (χ0v) is 47.5. The molecule has 13 unspecified atom stereocenters. The summed E-state index contributed by atoms with van der Waals surface area (Å²) in [5.41, 5.74) is 10.9. The van der Waals surface area contributed by atoms with Crippen LogP contribution in [0.5, 0.6) is 0 Å². The maximum absolute atomic E-state index is 14.5. The maximum Gasteiger partial charge on any atom is 0.335 e. The first-order chi connectivity index (χ1) is 39.3. The third kappa shape index (κ3) is 20.2. The number of nitrogens with one attached hydrogen (secondary N) is 5. The van der Waals surface area contributed by atoms with E-state index in [0.717, 1.165) is 56.3 Å². The smallest absolute Gasteiger partial charge is 0.335 e. The topological polar surface area (TPSA) is 473 Å². The van der Waals surface area contributed by atoms with Crippen LogP contribution in [-0.2, 0) is 57.5 Å². The van der Waals surface area contributed by atoms with E-state index in [1.807, 2.05) is 10.6 Å². The van der Waals surface area contributed by atoms with Gasteiger partial charge in [-0.15, -0.1) is 0 Å². The van der Waals surface area contributed by atoms with Gasteiger partial charge in [0.25, 0.3) is 0 Å². The van der Waals surface area contributed by atoms with Crippen molar-refractivity contribution in [3.05, 3.63) is 0 Å². The molecule has 0 aliphatic carbocycles. The average Bonchev–Trinajstić information content (AvgIpc) is 4.38. The van der Waals surface area contributed by atoms with Gasteiger partial charge in [-0.1, -0.05) is 71.6 Å². The number of fused-ring (bicyclic) bond motifs is 3. The molecule has 4 saturated heterocycles. The number of nitrogens with two attached hydrogens (primary N) is 2. The lowest BCUT2D eigenvalue weighted by atomic mass is 10.0. The summed E-state index contributed by atoms with van der Waals surface area (Å²) in [6.07, 6.45) is -1.90. The van der Waals surface area contributed by atoms with Gasteiger partial charge in [-0.3, -0.25) is 43.3 Å². The lowest BCUT2D eigenvalue weighted by Gasteiger charge is -2.34. The number of aliphatic hydroxyl groups is 5. The van der Waals surface area contributed by atoms with E-state index in [4.69, 9.17) is 16.2 Å². The molecule has 0 bridgehead atoms. The summed E-state index contributed by atoms with van der Waals surface area (Å²) in [5, 5.41) is 85.0. The Morgan fingerprint density at radius 3 is 1.73 bits per heavy atom. The van der Waals surface area contributed by atoms with Crippen LogP contribution in [0.3, 0.4) is 0 Å². The molecule has 4 aliphatic rings. The molecule has 0 saturated carbocycles. The number of esters is 1. The molecule has 0 radical (unpaired) electrons. The fraction of sp³-hybridized carbons (Fsp3) is 0.774. The largest absolute Gasteiger partial charge is 0.479 e. The first-order valence-electron chi connectivity index (χ1n) is 28.8. The van der Waals surface area contributed by atoms with Crippen LogP contribution in [-0.4, -0.2) is 233 Å². The fourth-order valence-electron chi connectivity index (χ4n) is 10.7. The third-order valence-electron chi connectivity index (χ3n) is 15.3. The molecule has 468 valence electrons. The van der Waals surface area contributed by atoms with Gasteiger partial charge >= 0.3 is 17.9 Å². The van der Waals surface area contributed by atoms with E-state index < -0.39 is 164 Å². The Balaban J connectivity index is 1.75. The molecule has 4 heterocycles. The van der Waals surface area contributed by atoms with Crippen LogP contribution in [0.15, 0.2) is 4.99 Å². The van der Waals surface area contributed by atoms with Crippen molar-refractivity contribution in [3.63, 3.8) is 0 Å². The molecule has 16 N–H and O–H groups in total. The number of carboxylic acid groups (broad SMARTS) is 2. The number of aliphatic hydroxyl groups excluding tert-OH is 5. The summed E-state index contributed by atoms with van der Waals surface area (Å²) < 4.78 is 5.68. The summed E-state index contributed by atoms with van der Waals surface area (Å²) in [5.74, 6) is -14.4. The molecule has 4 rings (SSSR count). The van der Waals surface area contributed by atoms with Gasteiger partial charge in [0.2, 0.25) is 47.3 Å². The first-order valence-corrected chi connectivity index (χ1v) is 28.8. The average molecular weight is 1180 g/mol. The Labute approximate surface area is 481 Å². The molecule has 0 aromatic carbocycles. The maximum atomic E-state index is 14.5. The number of cyclic esters (lactones) is 1. The summed E-state index contributed by atoms with van der Waals surface area (Å²) in [6, 6.07) is -14.9. The van der Waals surface area contributed by atoms with E-state index in [9.17, 15) is 88.5 Å². The van der Waals surface area contributed by atoms with E-state index in [1.54, 1.807) is 0 Å².